The minimum absolute atomic E-state index is 0.100. The summed E-state index contributed by atoms with van der Waals surface area (Å²) in [5.74, 6) is -0.157. The van der Waals surface area contributed by atoms with Crippen LogP contribution in [0.4, 0.5) is 14.5 Å². The summed E-state index contributed by atoms with van der Waals surface area (Å²) < 4.78 is 33.9. The van der Waals surface area contributed by atoms with E-state index in [1.54, 1.807) is 6.07 Å². The zero-order valence-electron chi connectivity index (χ0n) is 11.0. The van der Waals surface area contributed by atoms with Gasteiger partial charge < -0.3 is 20.1 Å². The Morgan fingerprint density at radius 1 is 1.45 bits per heavy atom. The Balaban J connectivity index is 2.09. The summed E-state index contributed by atoms with van der Waals surface area (Å²) in [6.45, 7) is -1.52. The molecule has 2 N–H and O–H groups in total. The Bertz CT molecular complexity index is 477. The van der Waals surface area contributed by atoms with Crippen molar-refractivity contribution < 1.29 is 23.0 Å². The lowest BCUT2D eigenvalue weighted by molar-refractivity contribution is -0.119. The molecule has 1 unspecified atom stereocenters. The van der Waals surface area contributed by atoms with Crippen LogP contribution in [0, 0.1) is 5.92 Å². The second-order valence-corrected chi connectivity index (χ2v) is 4.42. The molecule has 0 bridgehead atoms. The van der Waals surface area contributed by atoms with Crippen LogP contribution >= 0.6 is 0 Å². The van der Waals surface area contributed by atoms with E-state index in [0.29, 0.717) is 12.2 Å². The highest BCUT2D eigenvalue weighted by molar-refractivity contribution is 5.93. The fraction of sp³-hybridized carbons (Fsp3) is 0.462. The zero-order chi connectivity index (χ0) is 14.5. The third-order valence-corrected chi connectivity index (χ3v) is 3.08. The molecule has 5 nitrogen and oxygen atoms in total. The average Bonchev–Trinajstić information content (AvgIpc) is 2.92. The number of alkyl halides is 2. The van der Waals surface area contributed by atoms with Crippen molar-refractivity contribution in [1.82, 2.24) is 5.32 Å². The number of halogens is 2. The highest BCUT2D eigenvalue weighted by atomic mass is 19.3. The number of ether oxygens (including phenoxy) is 2. The molecule has 1 aliphatic heterocycles. The van der Waals surface area contributed by atoms with Crippen molar-refractivity contribution in [2.24, 2.45) is 5.92 Å². The van der Waals surface area contributed by atoms with Crippen LogP contribution in [-0.4, -0.2) is 32.7 Å². The molecule has 0 radical (unpaired) electrons. The van der Waals surface area contributed by atoms with Crippen LogP contribution in [0.5, 0.6) is 11.5 Å². The van der Waals surface area contributed by atoms with Gasteiger partial charge in [-0.05, 0) is 25.1 Å². The molecule has 20 heavy (non-hydrogen) atoms. The van der Waals surface area contributed by atoms with Crippen LogP contribution in [0.2, 0.25) is 0 Å². The highest BCUT2D eigenvalue weighted by Crippen LogP contribution is 2.31. The summed E-state index contributed by atoms with van der Waals surface area (Å²) in [4.78, 5) is 11.9. The topological polar surface area (TPSA) is 59.6 Å². The smallest absolute Gasteiger partial charge is 0.387 e. The third kappa shape index (κ3) is 3.57. The number of carbonyl (C=O) groups excluding carboxylic acids is 1. The van der Waals surface area contributed by atoms with Crippen molar-refractivity contribution in [2.45, 2.75) is 13.0 Å². The summed E-state index contributed by atoms with van der Waals surface area (Å²) in [6.07, 6.45) is 0.766. The van der Waals surface area contributed by atoms with Crippen LogP contribution in [0.1, 0.15) is 6.42 Å². The lowest BCUT2D eigenvalue weighted by Gasteiger charge is -2.13. The first-order valence-electron chi connectivity index (χ1n) is 6.24. The standard InChI is InChI=1S/C13H16F2N2O3/c1-19-10-3-2-9(6-11(10)20-13(14)15)17-12(18)8-4-5-16-7-8/h2-3,6,8,13,16H,4-5,7H2,1H3,(H,17,18). The van der Waals surface area contributed by atoms with E-state index in [-0.39, 0.29) is 23.3 Å². The molecule has 1 heterocycles. The maximum absolute atomic E-state index is 12.3. The van der Waals surface area contributed by atoms with E-state index in [1.807, 2.05) is 0 Å². The minimum Gasteiger partial charge on any atom is -0.493 e. The van der Waals surface area contributed by atoms with Gasteiger partial charge in [-0.15, -0.1) is 0 Å². The van der Waals surface area contributed by atoms with Gasteiger partial charge in [-0.1, -0.05) is 0 Å². The van der Waals surface area contributed by atoms with Crippen LogP contribution in [0.3, 0.4) is 0 Å². The molecular formula is C13H16F2N2O3. The van der Waals surface area contributed by atoms with Crippen LogP contribution in [0.15, 0.2) is 18.2 Å². The Morgan fingerprint density at radius 3 is 2.85 bits per heavy atom. The molecule has 1 atom stereocenters. The maximum atomic E-state index is 12.3. The van der Waals surface area contributed by atoms with E-state index < -0.39 is 6.61 Å². The molecule has 2 rings (SSSR count). The minimum atomic E-state index is -2.95. The van der Waals surface area contributed by atoms with Gasteiger partial charge in [0, 0.05) is 18.3 Å². The molecular weight excluding hydrogens is 270 g/mol. The van der Waals surface area contributed by atoms with Crippen molar-refractivity contribution in [3.8, 4) is 11.5 Å². The molecule has 1 aromatic rings. The van der Waals surface area contributed by atoms with Gasteiger partial charge in [-0.25, -0.2) is 0 Å². The van der Waals surface area contributed by atoms with E-state index in [0.717, 1.165) is 13.0 Å². The van der Waals surface area contributed by atoms with Crippen molar-refractivity contribution in [1.29, 1.82) is 0 Å². The number of hydrogen-bond donors (Lipinski definition) is 2. The second kappa shape index (κ2) is 6.51. The number of hydrogen-bond acceptors (Lipinski definition) is 4. The van der Waals surface area contributed by atoms with Gasteiger partial charge in [0.2, 0.25) is 5.91 Å². The van der Waals surface area contributed by atoms with E-state index in [4.69, 9.17) is 4.74 Å². The van der Waals surface area contributed by atoms with Crippen molar-refractivity contribution in [3.63, 3.8) is 0 Å². The molecule has 0 aromatic heterocycles. The monoisotopic (exact) mass is 286 g/mol. The Kier molecular flexibility index (Phi) is 4.73. The molecule has 0 aliphatic carbocycles. The third-order valence-electron chi connectivity index (χ3n) is 3.08. The summed E-state index contributed by atoms with van der Waals surface area (Å²) in [7, 11) is 1.36. The molecule has 7 heteroatoms. The lowest BCUT2D eigenvalue weighted by atomic mass is 10.1. The fourth-order valence-electron chi connectivity index (χ4n) is 2.07. The van der Waals surface area contributed by atoms with E-state index in [1.165, 1.54) is 19.2 Å². The first-order chi connectivity index (χ1) is 9.60. The molecule has 1 aliphatic rings. The highest BCUT2D eigenvalue weighted by Gasteiger charge is 2.22. The van der Waals surface area contributed by atoms with Crippen molar-refractivity contribution in [3.05, 3.63) is 18.2 Å². The molecule has 1 fully saturated rings. The number of carbonyl (C=O) groups is 1. The summed E-state index contributed by atoms with van der Waals surface area (Å²) >= 11 is 0. The second-order valence-electron chi connectivity index (χ2n) is 4.42. The quantitative estimate of drug-likeness (QED) is 0.867. The summed E-state index contributed by atoms with van der Waals surface area (Å²) in [6, 6.07) is 4.38. The molecule has 110 valence electrons. The van der Waals surface area contributed by atoms with Gasteiger partial charge >= 0.3 is 6.61 Å². The Labute approximate surface area is 115 Å². The molecule has 1 amide bonds. The number of benzene rings is 1. The van der Waals surface area contributed by atoms with Crippen molar-refractivity contribution in [2.75, 3.05) is 25.5 Å². The van der Waals surface area contributed by atoms with E-state index in [2.05, 4.69) is 15.4 Å². The average molecular weight is 286 g/mol. The largest absolute Gasteiger partial charge is 0.493 e. The van der Waals surface area contributed by atoms with Gasteiger partial charge in [-0.3, -0.25) is 4.79 Å². The fourth-order valence-corrected chi connectivity index (χ4v) is 2.07. The maximum Gasteiger partial charge on any atom is 0.387 e. The molecule has 1 saturated heterocycles. The van der Waals surface area contributed by atoms with Gasteiger partial charge in [-0.2, -0.15) is 8.78 Å². The van der Waals surface area contributed by atoms with Gasteiger partial charge in [0.25, 0.3) is 0 Å². The van der Waals surface area contributed by atoms with E-state index in [9.17, 15) is 13.6 Å². The Hall–Kier alpha value is -1.89. The van der Waals surface area contributed by atoms with Crippen LogP contribution in [0.25, 0.3) is 0 Å². The SMILES string of the molecule is COc1ccc(NC(=O)C2CCNC2)cc1OC(F)F. The van der Waals surface area contributed by atoms with Gasteiger partial charge in [0.15, 0.2) is 11.5 Å². The molecule has 1 aromatic carbocycles. The van der Waals surface area contributed by atoms with Crippen molar-refractivity contribution >= 4 is 11.6 Å². The van der Waals surface area contributed by atoms with E-state index >= 15 is 0 Å². The lowest BCUT2D eigenvalue weighted by Crippen LogP contribution is -2.24. The first kappa shape index (κ1) is 14.5. The normalized spacial score (nSPS) is 18.1. The summed E-state index contributed by atoms with van der Waals surface area (Å²) in [5, 5.41) is 5.78. The Morgan fingerprint density at radius 2 is 2.25 bits per heavy atom. The number of amides is 1. The van der Waals surface area contributed by atoms with Gasteiger partial charge in [0.05, 0.1) is 13.0 Å². The van der Waals surface area contributed by atoms with Gasteiger partial charge in [0.1, 0.15) is 0 Å². The molecule has 0 spiro atoms. The number of nitrogens with one attached hydrogen (secondary N) is 2. The number of rotatable bonds is 5. The number of methoxy groups -OCH3 is 1. The summed E-state index contributed by atoms with van der Waals surface area (Å²) in [5.41, 5.74) is 0.401. The predicted octanol–water partition coefficient (Wildman–Crippen LogP) is 1.84. The van der Waals surface area contributed by atoms with Crippen LogP contribution in [-0.2, 0) is 4.79 Å². The molecule has 0 saturated carbocycles. The first-order valence-corrected chi connectivity index (χ1v) is 6.24. The number of anilines is 1. The zero-order valence-corrected chi connectivity index (χ0v) is 11.0. The predicted molar refractivity (Wildman–Crippen MR) is 69.2 cm³/mol. The van der Waals surface area contributed by atoms with Crippen LogP contribution < -0.4 is 20.1 Å².